The fourth-order valence-electron chi connectivity index (χ4n) is 3.29. The monoisotopic (exact) mass is 582 g/mol. The Labute approximate surface area is 218 Å². The summed E-state index contributed by atoms with van der Waals surface area (Å²) in [7, 11) is 0. The highest BCUT2D eigenvalue weighted by molar-refractivity contribution is 9.10. The maximum atomic E-state index is 14.3. The zero-order valence-corrected chi connectivity index (χ0v) is 21.0. The molecule has 0 saturated carbocycles. The van der Waals surface area contributed by atoms with Gasteiger partial charge in [0.15, 0.2) is 11.6 Å². The summed E-state index contributed by atoms with van der Waals surface area (Å²) in [5, 5.41) is 17.6. The van der Waals surface area contributed by atoms with Crippen LogP contribution in [0.4, 0.5) is 21.8 Å². The molecule has 1 saturated heterocycles. The number of nitrogens with one attached hydrogen (secondary N) is 2. The Bertz CT molecular complexity index is 1290. The van der Waals surface area contributed by atoms with Gasteiger partial charge < -0.3 is 20.1 Å². The second-order valence-corrected chi connectivity index (χ2v) is 8.91. The molecule has 0 aliphatic carbocycles. The lowest BCUT2D eigenvalue weighted by Crippen LogP contribution is -2.37. The van der Waals surface area contributed by atoms with E-state index in [1.54, 1.807) is 29.2 Å². The molecule has 2 aromatic carbocycles. The second-order valence-electron chi connectivity index (χ2n) is 7.25. The van der Waals surface area contributed by atoms with Crippen LogP contribution < -0.4 is 15.6 Å². The van der Waals surface area contributed by atoms with Gasteiger partial charge in [-0.15, -0.1) is 0 Å². The number of hydrogen-bond donors (Lipinski definition) is 3. The van der Waals surface area contributed by atoms with Gasteiger partial charge in [-0.3, -0.25) is 4.79 Å². The maximum absolute atomic E-state index is 14.3. The van der Waals surface area contributed by atoms with E-state index >= 15 is 0 Å². The van der Waals surface area contributed by atoms with Crippen LogP contribution in [0.2, 0.25) is 10.0 Å². The van der Waals surface area contributed by atoms with Crippen molar-refractivity contribution in [3.8, 4) is 5.75 Å². The molecule has 1 amide bonds. The number of carbonyl (C=O) groups excluding carboxylic acids is 1. The average Bonchev–Trinajstić information content (AvgIpc) is 2.85. The Morgan fingerprint density at radius 3 is 2.74 bits per heavy atom. The highest BCUT2D eigenvalue weighted by Gasteiger charge is 2.22. The highest BCUT2D eigenvalue weighted by Crippen LogP contribution is 2.35. The summed E-state index contributed by atoms with van der Waals surface area (Å²) < 4.78 is 19.9. The molecule has 3 aromatic rings. The van der Waals surface area contributed by atoms with Crippen molar-refractivity contribution in [3.63, 3.8) is 0 Å². The molecule has 4 rings (SSSR count). The van der Waals surface area contributed by atoms with Gasteiger partial charge in [-0.25, -0.2) is 14.8 Å². The number of rotatable bonds is 6. The van der Waals surface area contributed by atoms with E-state index in [4.69, 9.17) is 27.9 Å². The smallest absolute Gasteiger partial charge is 0.257 e. The van der Waals surface area contributed by atoms with Crippen LogP contribution in [0.1, 0.15) is 15.9 Å². The molecule has 0 atom stereocenters. The average molecular weight is 584 g/mol. The van der Waals surface area contributed by atoms with E-state index in [1.165, 1.54) is 12.3 Å². The van der Waals surface area contributed by atoms with E-state index in [0.29, 0.717) is 41.5 Å². The van der Waals surface area contributed by atoms with Crippen LogP contribution >= 0.6 is 39.1 Å². The van der Waals surface area contributed by atoms with Crippen molar-refractivity contribution in [2.24, 2.45) is 5.10 Å². The summed E-state index contributed by atoms with van der Waals surface area (Å²) in [5.74, 6) is -1.36. The zero-order valence-electron chi connectivity index (χ0n) is 17.9. The number of hydrogen-bond acceptors (Lipinski definition) is 8. The summed E-state index contributed by atoms with van der Waals surface area (Å²) in [6.07, 6.45) is 2.22. The number of aromatic nitrogens is 2. The van der Waals surface area contributed by atoms with Gasteiger partial charge >= 0.3 is 0 Å². The molecule has 1 aliphatic heterocycles. The highest BCUT2D eigenvalue weighted by atomic mass is 79.9. The quantitative estimate of drug-likeness (QED) is 0.279. The third kappa shape index (κ3) is 5.81. The number of nitrogens with zero attached hydrogens (tertiary/aromatic N) is 4. The molecule has 0 unspecified atom stereocenters. The van der Waals surface area contributed by atoms with Gasteiger partial charge in [0.25, 0.3) is 5.91 Å². The number of anilines is 3. The lowest BCUT2D eigenvalue weighted by atomic mass is 10.1. The molecular weight excluding hydrogens is 566 g/mol. The molecular formula is C22H18BrCl2FN6O3. The van der Waals surface area contributed by atoms with Crippen LogP contribution in [-0.2, 0) is 4.74 Å². The van der Waals surface area contributed by atoms with Crippen LogP contribution in [-0.4, -0.2) is 53.5 Å². The van der Waals surface area contributed by atoms with E-state index in [1.807, 2.05) is 0 Å². The normalized spacial score (nSPS) is 13.8. The number of ether oxygens (including phenoxy) is 1. The largest absolute Gasteiger partial charge is 0.506 e. The molecule has 1 fully saturated rings. The molecule has 0 bridgehead atoms. The molecule has 13 heteroatoms. The lowest BCUT2D eigenvalue weighted by molar-refractivity contribution is 0.102. The zero-order chi connectivity index (χ0) is 24.9. The van der Waals surface area contributed by atoms with Gasteiger partial charge in [-0.1, -0.05) is 35.3 Å². The van der Waals surface area contributed by atoms with Crippen LogP contribution in [0.3, 0.4) is 0 Å². The van der Waals surface area contributed by atoms with Crippen molar-refractivity contribution >= 4 is 68.7 Å². The van der Waals surface area contributed by atoms with Crippen LogP contribution in [0.25, 0.3) is 0 Å². The molecule has 1 aromatic heterocycles. The van der Waals surface area contributed by atoms with E-state index in [2.05, 4.69) is 41.7 Å². The van der Waals surface area contributed by atoms with Crippen molar-refractivity contribution < 1.29 is 19.0 Å². The minimum atomic E-state index is -0.573. The number of phenols is 1. The lowest BCUT2D eigenvalue weighted by Gasteiger charge is -2.27. The summed E-state index contributed by atoms with van der Waals surface area (Å²) in [6, 6.07) is 8.10. The Morgan fingerprint density at radius 1 is 1.26 bits per heavy atom. The number of carbonyl (C=O) groups is 1. The third-order valence-corrected chi connectivity index (χ3v) is 6.23. The molecule has 182 valence electrons. The van der Waals surface area contributed by atoms with Crippen molar-refractivity contribution in [1.82, 2.24) is 9.97 Å². The first-order chi connectivity index (χ1) is 16.8. The summed E-state index contributed by atoms with van der Waals surface area (Å²) >= 11 is 15.6. The molecule has 3 N–H and O–H groups in total. The fourth-order valence-corrected chi connectivity index (χ4v) is 4.44. The number of amides is 1. The number of halogens is 4. The Morgan fingerprint density at radius 2 is 2.00 bits per heavy atom. The van der Waals surface area contributed by atoms with Crippen molar-refractivity contribution in [2.45, 2.75) is 0 Å². The Hall–Kier alpha value is -2.99. The minimum Gasteiger partial charge on any atom is -0.506 e. The van der Waals surface area contributed by atoms with E-state index in [0.717, 1.165) is 6.20 Å². The standard InChI is InChI=1S/C22H18BrCl2FN6O3/c23-13-9-15(25)19(33)12(18(13)21(34)29-17-4-2-1-3-14(17)24)10-28-31-22-27-11-16(26)20(30-22)32-5-7-35-8-6-32/h1-4,9-11,33H,5-8H2,(H,29,34)(H,27,30,31)/b28-10-. The molecule has 9 nitrogen and oxygen atoms in total. The summed E-state index contributed by atoms with van der Waals surface area (Å²) in [6.45, 7) is 1.91. The summed E-state index contributed by atoms with van der Waals surface area (Å²) in [5.41, 5.74) is 3.06. The molecule has 35 heavy (non-hydrogen) atoms. The van der Waals surface area contributed by atoms with Gasteiger partial charge in [0, 0.05) is 17.6 Å². The van der Waals surface area contributed by atoms with Gasteiger partial charge in [0.1, 0.15) is 5.75 Å². The predicted octanol–water partition coefficient (Wildman–Crippen LogP) is 4.93. The van der Waals surface area contributed by atoms with Crippen molar-refractivity contribution in [1.29, 1.82) is 0 Å². The van der Waals surface area contributed by atoms with Crippen molar-refractivity contribution in [2.75, 3.05) is 41.9 Å². The molecule has 0 radical (unpaired) electrons. The Balaban J connectivity index is 1.60. The first-order valence-electron chi connectivity index (χ1n) is 10.3. The maximum Gasteiger partial charge on any atom is 0.257 e. The minimum absolute atomic E-state index is 0.000236. The predicted molar refractivity (Wildman–Crippen MR) is 136 cm³/mol. The number of benzene rings is 2. The van der Waals surface area contributed by atoms with Gasteiger partial charge in [0.2, 0.25) is 5.95 Å². The van der Waals surface area contributed by atoms with Crippen LogP contribution in [0.5, 0.6) is 5.75 Å². The van der Waals surface area contributed by atoms with E-state index < -0.39 is 11.7 Å². The van der Waals surface area contributed by atoms with Crippen LogP contribution in [0.15, 0.2) is 46.1 Å². The first kappa shape index (κ1) is 25.1. The first-order valence-corrected chi connectivity index (χ1v) is 11.8. The molecule has 1 aliphatic rings. The number of hydrazone groups is 1. The Kier molecular flexibility index (Phi) is 8.01. The number of phenolic OH excluding ortho intramolecular Hbond substituents is 1. The third-order valence-electron chi connectivity index (χ3n) is 4.99. The fraction of sp³-hybridized carbons (Fsp3) is 0.182. The van der Waals surface area contributed by atoms with Gasteiger partial charge in [-0.05, 0) is 34.1 Å². The SMILES string of the molecule is O=C(Nc1ccccc1Cl)c1c(Br)cc(Cl)c(O)c1/C=N\Nc1ncc(F)c(N2CCOCC2)n1. The molecule has 0 spiro atoms. The number of morpholine rings is 1. The summed E-state index contributed by atoms with van der Waals surface area (Å²) in [4.78, 5) is 22.8. The number of para-hydroxylation sites is 1. The van der Waals surface area contributed by atoms with Crippen molar-refractivity contribution in [3.05, 3.63) is 68.0 Å². The second kappa shape index (κ2) is 11.2. The van der Waals surface area contributed by atoms with Gasteiger partial charge in [0.05, 0.1) is 52.5 Å². The van der Waals surface area contributed by atoms with E-state index in [-0.39, 0.29) is 33.7 Å². The topological polar surface area (TPSA) is 112 Å². The van der Waals surface area contributed by atoms with E-state index in [9.17, 15) is 14.3 Å². The van der Waals surface area contributed by atoms with Gasteiger partial charge in [-0.2, -0.15) is 10.1 Å². The molecule has 2 heterocycles. The number of aromatic hydroxyl groups is 1. The van der Waals surface area contributed by atoms with Crippen LogP contribution in [0, 0.1) is 5.82 Å².